The van der Waals surface area contributed by atoms with Crippen LogP contribution in [-0.4, -0.2) is 44.0 Å². The van der Waals surface area contributed by atoms with Crippen LogP contribution < -0.4 is 5.32 Å². The van der Waals surface area contributed by atoms with Gasteiger partial charge in [0.25, 0.3) is 5.91 Å². The summed E-state index contributed by atoms with van der Waals surface area (Å²) in [5.41, 5.74) is 3.02. The number of benzene rings is 3. The molecule has 1 amide bonds. The minimum atomic E-state index is -0.284. The van der Waals surface area contributed by atoms with Crippen LogP contribution in [0.15, 0.2) is 60.7 Å². The Labute approximate surface area is 171 Å². The van der Waals surface area contributed by atoms with E-state index in [0.717, 1.165) is 0 Å². The quantitative estimate of drug-likeness (QED) is 0.427. The van der Waals surface area contributed by atoms with Gasteiger partial charge in [0.1, 0.15) is 16.7 Å². The van der Waals surface area contributed by atoms with Crippen LogP contribution in [-0.2, 0) is 6.42 Å². The van der Waals surface area contributed by atoms with E-state index in [1.807, 2.05) is 18.2 Å². The molecule has 0 aliphatic rings. The van der Waals surface area contributed by atoms with E-state index < -0.39 is 0 Å². The normalized spacial score (nSPS) is 10.8. The SMILES string of the molecule is O=Cc1cc(CCO)cc(-n2nc3ccc(C(=O)Nc4ccccc4)cc3n2)c1O. The zero-order valence-electron chi connectivity index (χ0n) is 15.8. The summed E-state index contributed by atoms with van der Waals surface area (Å²) in [7, 11) is 0. The molecule has 0 bridgehead atoms. The van der Waals surface area contributed by atoms with Crippen molar-refractivity contribution in [1.82, 2.24) is 15.0 Å². The maximum absolute atomic E-state index is 12.5. The number of aldehydes is 1. The first kappa shape index (κ1) is 19.3. The van der Waals surface area contributed by atoms with Crippen LogP contribution in [0.4, 0.5) is 5.69 Å². The third-order valence-corrected chi connectivity index (χ3v) is 4.60. The first-order valence-corrected chi connectivity index (χ1v) is 9.25. The van der Waals surface area contributed by atoms with Crippen LogP contribution in [0.25, 0.3) is 16.7 Å². The number of aliphatic hydroxyl groups excluding tert-OH is 1. The van der Waals surface area contributed by atoms with E-state index in [0.29, 0.717) is 40.6 Å². The highest BCUT2D eigenvalue weighted by Gasteiger charge is 2.15. The van der Waals surface area contributed by atoms with E-state index in [1.165, 1.54) is 10.9 Å². The predicted molar refractivity (Wildman–Crippen MR) is 111 cm³/mol. The van der Waals surface area contributed by atoms with Gasteiger partial charge in [-0.3, -0.25) is 9.59 Å². The number of phenols is 1. The molecule has 3 aromatic carbocycles. The molecule has 4 aromatic rings. The number of aromatic nitrogens is 3. The summed E-state index contributed by atoms with van der Waals surface area (Å²) in [6, 6.07) is 17.1. The number of hydrogen-bond donors (Lipinski definition) is 3. The second-order valence-corrected chi connectivity index (χ2v) is 6.66. The lowest BCUT2D eigenvalue weighted by Crippen LogP contribution is -2.11. The minimum Gasteiger partial charge on any atom is -0.505 e. The van der Waals surface area contributed by atoms with Crippen LogP contribution in [0.3, 0.4) is 0 Å². The molecule has 0 fully saturated rings. The van der Waals surface area contributed by atoms with Crippen molar-refractivity contribution in [3.8, 4) is 11.4 Å². The number of nitrogens with zero attached hydrogens (tertiary/aromatic N) is 3. The topological polar surface area (TPSA) is 117 Å². The van der Waals surface area contributed by atoms with E-state index in [1.54, 1.807) is 36.4 Å². The molecule has 0 saturated carbocycles. The maximum atomic E-state index is 12.5. The van der Waals surface area contributed by atoms with E-state index >= 15 is 0 Å². The van der Waals surface area contributed by atoms with Gasteiger partial charge in [-0.2, -0.15) is 0 Å². The zero-order valence-corrected chi connectivity index (χ0v) is 15.8. The highest BCUT2D eigenvalue weighted by atomic mass is 16.3. The van der Waals surface area contributed by atoms with Gasteiger partial charge in [-0.15, -0.1) is 15.0 Å². The molecule has 30 heavy (non-hydrogen) atoms. The number of anilines is 1. The second-order valence-electron chi connectivity index (χ2n) is 6.66. The Morgan fingerprint density at radius 2 is 1.80 bits per heavy atom. The van der Waals surface area contributed by atoms with E-state index in [-0.39, 0.29) is 29.5 Å². The Balaban J connectivity index is 1.70. The average molecular weight is 402 g/mol. The second kappa shape index (κ2) is 8.14. The lowest BCUT2D eigenvalue weighted by molar-refractivity contribution is 0.102. The molecule has 1 aromatic heterocycles. The minimum absolute atomic E-state index is 0.0836. The molecule has 0 aliphatic heterocycles. The number of fused-ring (bicyclic) bond motifs is 1. The van der Waals surface area contributed by atoms with Gasteiger partial charge >= 0.3 is 0 Å². The number of nitrogens with one attached hydrogen (secondary N) is 1. The van der Waals surface area contributed by atoms with Crippen molar-refractivity contribution in [2.45, 2.75) is 6.42 Å². The number of phenolic OH excluding ortho intramolecular Hbond substituents is 1. The largest absolute Gasteiger partial charge is 0.505 e. The van der Waals surface area contributed by atoms with Crippen LogP contribution >= 0.6 is 0 Å². The summed E-state index contributed by atoms with van der Waals surface area (Å²) < 4.78 is 0. The summed E-state index contributed by atoms with van der Waals surface area (Å²) in [6.45, 7) is -0.100. The first-order chi connectivity index (χ1) is 14.6. The van der Waals surface area contributed by atoms with Crippen molar-refractivity contribution >= 4 is 28.9 Å². The zero-order chi connectivity index (χ0) is 21.1. The van der Waals surface area contributed by atoms with Crippen LogP contribution in [0.1, 0.15) is 26.3 Å². The fourth-order valence-corrected chi connectivity index (χ4v) is 3.11. The molecular formula is C22H18N4O4. The number of aromatic hydroxyl groups is 1. The van der Waals surface area contributed by atoms with Gasteiger partial charge < -0.3 is 15.5 Å². The molecule has 4 rings (SSSR count). The smallest absolute Gasteiger partial charge is 0.255 e. The monoisotopic (exact) mass is 402 g/mol. The number of hydrogen-bond acceptors (Lipinski definition) is 6. The number of para-hydroxylation sites is 1. The Hall–Kier alpha value is -4.04. The van der Waals surface area contributed by atoms with E-state index in [4.69, 9.17) is 0 Å². The fraction of sp³-hybridized carbons (Fsp3) is 0.0909. The van der Waals surface area contributed by atoms with Crippen LogP contribution in [0.2, 0.25) is 0 Å². The average Bonchev–Trinajstić information content (AvgIpc) is 3.18. The molecule has 1 heterocycles. The van der Waals surface area contributed by atoms with Gasteiger partial charge in [0.2, 0.25) is 0 Å². The maximum Gasteiger partial charge on any atom is 0.255 e. The summed E-state index contributed by atoms with van der Waals surface area (Å²) >= 11 is 0. The summed E-state index contributed by atoms with van der Waals surface area (Å²) in [5.74, 6) is -0.539. The molecule has 0 aliphatic carbocycles. The summed E-state index contributed by atoms with van der Waals surface area (Å²) in [5, 5.41) is 31.1. The van der Waals surface area contributed by atoms with Crippen molar-refractivity contribution in [2.75, 3.05) is 11.9 Å². The molecule has 8 nitrogen and oxygen atoms in total. The van der Waals surface area contributed by atoms with Gasteiger partial charge in [-0.05, 0) is 54.4 Å². The lowest BCUT2D eigenvalue weighted by Gasteiger charge is -2.08. The molecule has 8 heteroatoms. The van der Waals surface area contributed by atoms with Crippen LogP contribution in [0, 0.1) is 0 Å². The number of amides is 1. The number of carbonyl (C=O) groups is 2. The Morgan fingerprint density at radius 3 is 2.53 bits per heavy atom. The molecular weight excluding hydrogens is 384 g/mol. The van der Waals surface area contributed by atoms with Gasteiger partial charge in [-0.25, -0.2) is 0 Å². The van der Waals surface area contributed by atoms with Crippen LogP contribution in [0.5, 0.6) is 5.75 Å². The summed E-state index contributed by atoms with van der Waals surface area (Å²) in [4.78, 5) is 25.0. The molecule has 0 spiro atoms. The van der Waals surface area contributed by atoms with E-state index in [9.17, 15) is 19.8 Å². The lowest BCUT2D eigenvalue weighted by atomic mass is 10.1. The van der Waals surface area contributed by atoms with Crippen molar-refractivity contribution in [1.29, 1.82) is 0 Å². The Bertz CT molecular complexity index is 1230. The number of carbonyl (C=O) groups excluding carboxylic acids is 2. The van der Waals surface area contributed by atoms with E-state index in [2.05, 4.69) is 15.5 Å². The van der Waals surface area contributed by atoms with Gasteiger partial charge in [0.05, 0.1) is 5.56 Å². The Kier molecular flexibility index (Phi) is 5.23. The highest BCUT2D eigenvalue weighted by molar-refractivity contribution is 6.05. The fourth-order valence-electron chi connectivity index (χ4n) is 3.11. The van der Waals surface area contributed by atoms with Crippen molar-refractivity contribution in [3.63, 3.8) is 0 Å². The predicted octanol–water partition coefficient (Wildman–Crippen LogP) is 2.73. The summed E-state index contributed by atoms with van der Waals surface area (Å²) in [6.07, 6.45) is 0.855. The first-order valence-electron chi connectivity index (χ1n) is 9.25. The van der Waals surface area contributed by atoms with Gasteiger partial charge in [0, 0.05) is 17.9 Å². The number of rotatable bonds is 6. The molecule has 0 atom stereocenters. The third kappa shape index (κ3) is 3.76. The molecule has 0 radical (unpaired) electrons. The molecule has 0 saturated heterocycles. The molecule has 3 N–H and O–H groups in total. The molecule has 0 unspecified atom stereocenters. The van der Waals surface area contributed by atoms with Gasteiger partial charge in [0.15, 0.2) is 12.0 Å². The third-order valence-electron chi connectivity index (χ3n) is 4.60. The standard InChI is InChI=1S/C22H18N4O4/c27-9-8-14-10-16(13-28)21(29)20(11-14)26-24-18-7-6-15(12-19(18)25-26)22(30)23-17-4-2-1-3-5-17/h1-7,10-13,27,29H,8-9H2,(H,23,30). The number of aliphatic hydroxyl groups is 1. The van der Waals surface area contributed by atoms with Crippen molar-refractivity contribution < 1.29 is 19.8 Å². The van der Waals surface area contributed by atoms with Crippen molar-refractivity contribution in [2.24, 2.45) is 0 Å². The highest BCUT2D eigenvalue weighted by Crippen LogP contribution is 2.27. The van der Waals surface area contributed by atoms with Gasteiger partial charge in [-0.1, -0.05) is 18.2 Å². The van der Waals surface area contributed by atoms with Crippen molar-refractivity contribution in [3.05, 3.63) is 77.4 Å². The molecule has 150 valence electrons. The Morgan fingerprint density at radius 1 is 1.03 bits per heavy atom.